The van der Waals surface area contributed by atoms with Crippen LogP contribution in [0.25, 0.3) is 15.9 Å². The number of aromatic nitrogens is 4. The van der Waals surface area contributed by atoms with Crippen LogP contribution in [0.15, 0.2) is 65.5 Å². The lowest BCUT2D eigenvalue weighted by molar-refractivity contribution is 0.698. The molecule has 5 nitrogen and oxygen atoms in total. The average molecular weight is 427 g/mol. The van der Waals surface area contributed by atoms with E-state index in [9.17, 15) is 4.79 Å². The fourth-order valence-corrected chi connectivity index (χ4v) is 5.96. The second-order valence-electron chi connectivity index (χ2n) is 8.17. The largest absolute Gasteiger partial charge is 0.352 e. The standard InChI is InChI=1S/C25H22N4OS/c30-25-28(16-18-11-5-2-6-12-18)24-22(19-13-7-8-14-20(19)31-24)23-26-21(27-29(23)25)15-17-9-3-1-4-10-17/h1-6,9-12H,7-8,13-16H2. The van der Waals surface area contributed by atoms with Crippen LogP contribution in [-0.2, 0) is 25.8 Å². The molecule has 0 saturated carbocycles. The summed E-state index contributed by atoms with van der Waals surface area (Å²) in [4.78, 5) is 20.9. The predicted molar refractivity (Wildman–Crippen MR) is 124 cm³/mol. The maximum Gasteiger partial charge on any atom is 0.352 e. The van der Waals surface area contributed by atoms with Crippen molar-refractivity contribution in [3.63, 3.8) is 0 Å². The molecule has 0 bridgehead atoms. The SMILES string of the molecule is O=c1n(Cc2ccccc2)c2sc3c(c2c2nc(Cc4ccccc4)nn12)CCCC3. The number of benzene rings is 2. The van der Waals surface area contributed by atoms with Gasteiger partial charge in [0.05, 0.1) is 11.9 Å². The quantitative estimate of drug-likeness (QED) is 0.421. The Labute approximate surface area is 183 Å². The molecule has 0 fully saturated rings. The van der Waals surface area contributed by atoms with Gasteiger partial charge in [-0.15, -0.1) is 16.4 Å². The Hall–Kier alpha value is -3.25. The summed E-state index contributed by atoms with van der Waals surface area (Å²) in [6, 6.07) is 20.4. The second-order valence-corrected chi connectivity index (χ2v) is 9.25. The predicted octanol–water partition coefficient (Wildman–Crippen LogP) is 4.62. The topological polar surface area (TPSA) is 52.2 Å². The Morgan fingerprint density at radius 3 is 2.39 bits per heavy atom. The molecule has 0 spiro atoms. The molecule has 0 saturated heterocycles. The van der Waals surface area contributed by atoms with Crippen molar-refractivity contribution < 1.29 is 0 Å². The molecule has 5 aromatic rings. The monoisotopic (exact) mass is 426 g/mol. The van der Waals surface area contributed by atoms with E-state index in [0.717, 1.165) is 39.8 Å². The van der Waals surface area contributed by atoms with Crippen LogP contribution in [0.3, 0.4) is 0 Å². The van der Waals surface area contributed by atoms with Gasteiger partial charge >= 0.3 is 5.69 Å². The Kier molecular flexibility index (Phi) is 4.46. The van der Waals surface area contributed by atoms with Crippen LogP contribution in [0, 0.1) is 0 Å². The fourth-order valence-electron chi connectivity index (χ4n) is 4.58. The van der Waals surface area contributed by atoms with Crippen LogP contribution in [0.5, 0.6) is 0 Å². The van der Waals surface area contributed by atoms with Crippen molar-refractivity contribution >= 4 is 27.2 Å². The Morgan fingerprint density at radius 2 is 1.61 bits per heavy atom. The van der Waals surface area contributed by atoms with Gasteiger partial charge in [0.1, 0.15) is 4.83 Å². The van der Waals surface area contributed by atoms with E-state index in [1.807, 2.05) is 41.0 Å². The van der Waals surface area contributed by atoms with Crippen molar-refractivity contribution in [1.29, 1.82) is 0 Å². The van der Waals surface area contributed by atoms with Gasteiger partial charge in [0.2, 0.25) is 0 Å². The summed E-state index contributed by atoms with van der Waals surface area (Å²) in [5.41, 5.74) is 4.23. The van der Waals surface area contributed by atoms with Crippen molar-refractivity contribution in [2.24, 2.45) is 0 Å². The minimum Gasteiger partial charge on any atom is -0.278 e. The first kappa shape index (κ1) is 18.5. The second kappa shape index (κ2) is 7.46. The van der Waals surface area contributed by atoms with Gasteiger partial charge in [0, 0.05) is 11.3 Å². The van der Waals surface area contributed by atoms with Gasteiger partial charge in [-0.05, 0) is 42.4 Å². The van der Waals surface area contributed by atoms with E-state index in [-0.39, 0.29) is 5.69 Å². The summed E-state index contributed by atoms with van der Waals surface area (Å²) in [6.07, 6.45) is 5.16. The summed E-state index contributed by atoms with van der Waals surface area (Å²) in [6.45, 7) is 0.541. The molecule has 0 N–H and O–H groups in total. The van der Waals surface area contributed by atoms with Gasteiger partial charge in [0.25, 0.3) is 0 Å². The van der Waals surface area contributed by atoms with Crippen LogP contribution in [0.1, 0.15) is 40.2 Å². The summed E-state index contributed by atoms with van der Waals surface area (Å²) in [5.74, 6) is 0.692. The van der Waals surface area contributed by atoms with E-state index in [4.69, 9.17) is 4.98 Å². The highest BCUT2D eigenvalue weighted by Gasteiger charge is 2.24. The lowest BCUT2D eigenvalue weighted by Crippen LogP contribution is -2.28. The minimum absolute atomic E-state index is 0.114. The van der Waals surface area contributed by atoms with Crippen LogP contribution in [0.2, 0.25) is 0 Å². The number of hydrogen-bond donors (Lipinski definition) is 0. The lowest BCUT2D eigenvalue weighted by atomic mass is 9.97. The van der Waals surface area contributed by atoms with Gasteiger partial charge in [-0.1, -0.05) is 60.7 Å². The summed E-state index contributed by atoms with van der Waals surface area (Å²) in [5, 5.41) is 5.79. The van der Waals surface area contributed by atoms with Crippen molar-refractivity contribution in [1.82, 2.24) is 19.2 Å². The van der Waals surface area contributed by atoms with Gasteiger partial charge in [-0.25, -0.2) is 9.78 Å². The minimum atomic E-state index is -0.114. The summed E-state index contributed by atoms with van der Waals surface area (Å²) in [7, 11) is 0. The Bertz CT molecular complexity index is 1450. The zero-order valence-electron chi connectivity index (χ0n) is 17.1. The zero-order valence-corrected chi connectivity index (χ0v) is 17.9. The molecule has 2 aromatic carbocycles. The number of hydrogen-bond acceptors (Lipinski definition) is 4. The first-order valence-electron chi connectivity index (χ1n) is 10.8. The van der Waals surface area contributed by atoms with E-state index in [2.05, 4.69) is 29.4 Å². The normalized spacial score (nSPS) is 13.7. The van der Waals surface area contributed by atoms with Crippen molar-refractivity contribution in [3.05, 3.63) is 98.5 Å². The Balaban J connectivity index is 1.59. The molecule has 31 heavy (non-hydrogen) atoms. The molecule has 0 amide bonds. The zero-order chi connectivity index (χ0) is 20.8. The molecule has 6 rings (SSSR count). The summed E-state index contributed by atoms with van der Waals surface area (Å²) >= 11 is 1.77. The molecule has 1 aliphatic rings. The third kappa shape index (κ3) is 3.18. The summed E-state index contributed by atoms with van der Waals surface area (Å²) < 4.78 is 3.42. The fraction of sp³-hybridized carbons (Fsp3) is 0.240. The lowest BCUT2D eigenvalue weighted by Gasteiger charge is -2.11. The van der Waals surface area contributed by atoms with Gasteiger partial charge in [-0.2, -0.15) is 4.52 Å². The maximum atomic E-state index is 13.6. The molecule has 0 radical (unpaired) electrons. The highest BCUT2D eigenvalue weighted by Crippen LogP contribution is 2.37. The molecule has 1 aliphatic carbocycles. The van der Waals surface area contributed by atoms with Crippen LogP contribution in [0.4, 0.5) is 0 Å². The highest BCUT2D eigenvalue weighted by atomic mass is 32.1. The smallest absolute Gasteiger partial charge is 0.278 e. The van der Waals surface area contributed by atoms with Crippen molar-refractivity contribution in [3.8, 4) is 0 Å². The van der Waals surface area contributed by atoms with E-state index >= 15 is 0 Å². The van der Waals surface area contributed by atoms with Gasteiger partial charge < -0.3 is 0 Å². The van der Waals surface area contributed by atoms with Crippen LogP contribution < -0.4 is 5.69 Å². The Morgan fingerprint density at radius 1 is 0.903 bits per heavy atom. The maximum absolute atomic E-state index is 13.6. The molecule has 3 aromatic heterocycles. The van der Waals surface area contributed by atoms with E-state index in [1.54, 1.807) is 11.3 Å². The van der Waals surface area contributed by atoms with E-state index < -0.39 is 0 Å². The number of fused-ring (bicyclic) bond motifs is 5. The van der Waals surface area contributed by atoms with Gasteiger partial charge in [0.15, 0.2) is 11.5 Å². The van der Waals surface area contributed by atoms with Crippen molar-refractivity contribution in [2.45, 2.75) is 38.6 Å². The number of rotatable bonds is 4. The molecular weight excluding hydrogens is 404 g/mol. The molecule has 0 atom stereocenters. The van der Waals surface area contributed by atoms with Crippen molar-refractivity contribution in [2.75, 3.05) is 0 Å². The van der Waals surface area contributed by atoms with E-state index in [0.29, 0.717) is 18.8 Å². The van der Waals surface area contributed by atoms with Crippen LogP contribution in [-0.4, -0.2) is 19.2 Å². The molecular formula is C25H22N4OS. The van der Waals surface area contributed by atoms with Gasteiger partial charge in [-0.3, -0.25) is 4.57 Å². The molecule has 6 heteroatoms. The molecule has 3 heterocycles. The highest BCUT2D eigenvalue weighted by molar-refractivity contribution is 7.19. The van der Waals surface area contributed by atoms with Crippen LogP contribution >= 0.6 is 11.3 Å². The third-order valence-corrected chi connectivity index (χ3v) is 7.39. The average Bonchev–Trinajstić information content (AvgIpc) is 3.39. The number of nitrogens with zero attached hydrogens (tertiary/aromatic N) is 4. The molecule has 0 aliphatic heterocycles. The molecule has 0 unspecified atom stereocenters. The number of aryl methyl sites for hydroxylation is 2. The first-order chi connectivity index (χ1) is 15.3. The number of thiophene rings is 1. The molecule has 154 valence electrons. The third-order valence-electron chi connectivity index (χ3n) is 6.07. The van der Waals surface area contributed by atoms with E-state index in [1.165, 1.54) is 27.8 Å². The first-order valence-corrected chi connectivity index (χ1v) is 11.6.